The number of methoxy groups -OCH3 is 2. The zero-order chi connectivity index (χ0) is 54.9. The van der Waals surface area contributed by atoms with Crippen LogP contribution in [0.2, 0.25) is 0 Å². The van der Waals surface area contributed by atoms with Gasteiger partial charge in [0.2, 0.25) is 5.95 Å². The van der Waals surface area contributed by atoms with E-state index in [-0.39, 0.29) is 43.0 Å². The lowest BCUT2D eigenvalue weighted by Gasteiger charge is -2.50. The molecule has 19 atom stereocenters. The van der Waals surface area contributed by atoms with Gasteiger partial charge in [-0.05, 0) is 86.5 Å². The fourth-order valence-corrected chi connectivity index (χ4v) is 13.6. The fourth-order valence-electron chi connectivity index (χ4n) is 12.2. The summed E-state index contributed by atoms with van der Waals surface area (Å²) in [5.74, 6) is -4.31. The Morgan fingerprint density at radius 3 is 2.33 bits per heavy atom. The third-order valence-corrected chi connectivity index (χ3v) is 17.9. The first-order chi connectivity index (χ1) is 35.4. The Hall–Kier alpha value is -4.10. The van der Waals surface area contributed by atoms with Crippen LogP contribution >= 0.6 is 11.8 Å². The molecule has 0 aliphatic carbocycles. The van der Waals surface area contributed by atoms with Gasteiger partial charge in [0.1, 0.15) is 35.7 Å². The van der Waals surface area contributed by atoms with Gasteiger partial charge in [-0.2, -0.15) is 0 Å². The monoisotopic (exact) mass is 1070 g/mol. The van der Waals surface area contributed by atoms with E-state index in [2.05, 4.69) is 20.3 Å². The minimum atomic E-state index is -1.46. The Labute approximate surface area is 445 Å². The molecule has 0 amide bonds. The number of hydrogen-bond donors (Lipinski definition) is 4. The number of aryl methyl sites for hydroxylation is 1. The lowest BCUT2D eigenvalue weighted by atomic mass is 9.70. The van der Waals surface area contributed by atoms with E-state index < -0.39 is 113 Å². The molecule has 21 nitrogen and oxygen atoms in total. The summed E-state index contributed by atoms with van der Waals surface area (Å²) in [5, 5.41) is 25.6. The molecule has 4 aliphatic rings. The molecule has 4 aliphatic heterocycles. The third-order valence-electron chi connectivity index (χ3n) is 16.6. The third kappa shape index (κ3) is 12.0. The molecule has 75 heavy (non-hydrogen) atoms. The predicted molar refractivity (Wildman–Crippen MR) is 280 cm³/mol. The number of rotatable bonds is 15. The molecular weight excluding hydrogens is 989 g/mol. The largest absolute Gasteiger partial charge is 0.458 e. The van der Waals surface area contributed by atoms with Gasteiger partial charge in [-0.1, -0.05) is 33.8 Å². The molecule has 2 unspecified atom stereocenters. The molecular formula is C53H82N8O13S. The van der Waals surface area contributed by atoms with Crippen LogP contribution in [0.25, 0.3) is 11.2 Å². The molecule has 7 heterocycles. The van der Waals surface area contributed by atoms with Gasteiger partial charge in [-0.25, -0.2) is 15.0 Å². The van der Waals surface area contributed by atoms with Crippen LogP contribution in [-0.2, 0) is 65.4 Å². The van der Waals surface area contributed by atoms with Crippen LogP contribution in [0.4, 0.5) is 11.8 Å². The first kappa shape index (κ1) is 58.6. The van der Waals surface area contributed by atoms with E-state index in [1.165, 1.54) is 25.2 Å². The Morgan fingerprint density at radius 1 is 0.960 bits per heavy atom. The molecule has 0 bridgehead atoms. The topological polar surface area (TPSA) is 263 Å². The van der Waals surface area contributed by atoms with Gasteiger partial charge < -0.3 is 64.1 Å². The number of nitrogens with zero attached hydrogens (tertiary/aromatic N) is 6. The van der Waals surface area contributed by atoms with Crippen molar-refractivity contribution in [3.05, 3.63) is 36.4 Å². The first-order valence-corrected chi connectivity index (χ1v) is 27.4. The van der Waals surface area contributed by atoms with Gasteiger partial charge in [0.25, 0.3) is 0 Å². The van der Waals surface area contributed by atoms with Crippen molar-refractivity contribution in [3.63, 3.8) is 0 Å². The number of hydrogen-bond acceptors (Lipinski definition) is 21. The Balaban J connectivity index is 1.26. The lowest BCUT2D eigenvalue weighted by Crippen LogP contribution is -2.61. The highest BCUT2D eigenvalue weighted by atomic mass is 32.2. The molecule has 0 spiro atoms. The maximum atomic E-state index is 15.3. The number of ketones is 1. The highest BCUT2D eigenvalue weighted by molar-refractivity contribution is 8.00. The summed E-state index contributed by atoms with van der Waals surface area (Å²) in [6.45, 7) is 18.9. The van der Waals surface area contributed by atoms with Crippen molar-refractivity contribution in [1.29, 1.82) is 0 Å². The molecule has 0 radical (unpaired) electrons. The van der Waals surface area contributed by atoms with Crippen LogP contribution in [0.15, 0.2) is 30.9 Å². The number of carbonyl (C=O) groups is 3. The van der Waals surface area contributed by atoms with Crippen LogP contribution in [-0.4, -0.2) is 175 Å². The zero-order valence-corrected chi connectivity index (χ0v) is 46.9. The summed E-state index contributed by atoms with van der Waals surface area (Å²) in [4.78, 5) is 64.6. The van der Waals surface area contributed by atoms with Crippen LogP contribution < -0.4 is 11.1 Å². The Bertz CT molecular complexity index is 2440. The molecule has 418 valence electrons. The number of carbonyl (C=O) groups excluding carboxylic acids is 3. The van der Waals surface area contributed by atoms with E-state index in [9.17, 15) is 15.0 Å². The summed E-state index contributed by atoms with van der Waals surface area (Å²) in [6, 6.07) is 3.48. The van der Waals surface area contributed by atoms with Crippen molar-refractivity contribution in [2.24, 2.45) is 29.6 Å². The number of esters is 2. The van der Waals surface area contributed by atoms with Gasteiger partial charge in [-0.15, -0.1) is 11.8 Å². The predicted octanol–water partition coefficient (Wildman–Crippen LogP) is 4.79. The number of anilines is 2. The van der Waals surface area contributed by atoms with Crippen molar-refractivity contribution < 1.29 is 62.5 Å². The highest BCUT2D eigenvalue weighted by Gasteiger charge is 2.62. The second-order valence-corrected chi connectivity index (χ2v) is 23.4. The molecule has 22 heteroatoms. The van der Waals surface area contributed by atoms with Crippen molar-refractivity contribution in [2.45, 2.75) is 191 Å². The van der Waals surface area contributed by atoms with Gasteiger partial charge in [-0.3, -0.25) is 23.9 Å². The minimum absolute atomic E-state index is 0.109. The molecule has 0 saturated carbocycles. The van der Waals surface area contributed by atoms with E-state index in [4.69, 9.17) is 48.6 Å². The normalized spacial score (nSPS) is 39.2. The molecule has 3 aromatic heterocycles. The lowest BCUT2D eigenvalue weighted by molar-refractivity contribution is -0.319. The number of aliphatic hydroxyl groups is 2. The number of nitrogen functional groups attached to an aromatic ring is 1. The van der Waals surface area contributed by atoms with E-state index in [0.29, 0.717) is 42.4 Å². The number of imidazole rings is 1. The average molecular weight is 1070 g/mol. The quantitative estimate of drug-likeness (QED) is 0.149. The van der Waals surface area contributed by atoms with Crippen molar-refractivity contribution in [2.75, 3.05) is 45.1 Å². The van der Waals surface area contributed by atoms with Crippen molar-refractivity contribution in [3.8, 4) is 0 Å². The smallest absolute Gasteiger partial charge is 0.320 e. The first-order valence-electron chi connectivity index (χ1n) is 26.3. The SMILES string of the molecule is CC[C@H]1OC(=O)[C@H](C)[C@@H](O[C@H]2C[C@@](C)(OC)[C@@H](O)[C@@H](C)O2)[C@H](C)[C@@H](O[C@@H]2O[C@H](C)C[C@H](N(C)C)[C@H]2O)[C@](C)(OC)C[C@@H](C)C(=O)[C@@H](C)C2C(SCCn3c(NCc4cccnc4)nc4c(N)ncnc43)C(=O)O[C@@]21C. The summed E-state index contributed by atoms with van der Waals surface area (Å²) < 4.78 is 53.9. The minimum Gasteiger partial charge on any atom is -0.458 e. The summed E-state index contributed by atoms with van der Waals surface area (Å²) in [7, 11) is 6.84. The van der Waals surface area contributed by atoms with Crippen molar-refractivity contribution >= 4 is 52.4 Å². The number of pyridine rings is 1. The number of aromatic nitrogens is 5. The van der Waals surface area contributed by atoms with E-state index in [0.717, 1.165) is 5.56 Å². The molecule has 3 aromatic rings. The van der Waals surface area contributed by atoms with Crippen LogP contribution in [0.1, 0.15) is 100 Å². The van der Waals surface area contributed by atoms with Gasteiger partial charge in [0, 0.05) is 81.6 Å². The number of likely N-dealkylation sites (N-methyl/N-ethyl adjacent to an activating group) is 1. The number of aliphatic hydroxyl groups excluding tert-OH is 2. The maximum absolute atomic E-state index is 15.3. The van der Waals surface area contributed by atoms with Crippen molar-refractivity contribution in [1.82, 2.24) is 29.4 Å². The number of fused-ring (bicyclic) bond motifs is 2. The van der Waals surface area contributed by atoms with Crippen LogP contribution in [0.5, 0.6) is 0 Å². The standard InChI is InChI=1S/C53H82N8O13S/c1-15-35-53(10)37(42(48(66)74-53)75-20-19-61-46-38(45(54)57-26-58-46)59-50(61)56-25-33-17-16-18-55-24-33)29(4)39(62)27(2)22-52(9,68-14)44(73-49-40(63)34(60(11)12)21-28(3)69-49)30(5)41(31(6)47(65)71-35)72-36-23-51(8,67-13)43(64)32(7)70-36/h16-18,24,26-32,34-37,40-44,49,63-64H,15,19-23,25H2,1-14H3,(H,56,59)(H2,54,57,58)/t27-,28-,29+,30+,31-,32-,34+,35-,36+,37?,40-,41+,42?,43+,44-,49+,51-,52-,53-/m1/s1. The Kier molecular flexibility index (Phi) is 18.6. The number of thioether (sulfide) groups is 1. The fraction of sp³-hybridized carbons (Fsp3) is 0.755. The van der Waals surface area contributed by atoms with Gasteiger partial charge >= 0.3 is 11.9 Å². The maximum Gasteiger partial charge on any atom is 0.320 e. The van der Waals surface area contributed by atoms with Gasteiger partial charge in [0.05, 0.1) is 41.5 Å². The number of nitrogens with one attached hydrogen (secondary N) is 1. The number of nitrogens with two attached hydrogens (primary N) is 1. The second kappa shape index (κ2) is 23.9. The Morgan fingerprint density at radius 2 is 1.68 bits per heavy atom. The summed E-state index contributed by atoms with van der Waals surface area (Å²) in [5.41, 5.74) is 4.32. The number of cyclic esters (lactones) is 1. The summed E-state index contributed by atoms with van der Waals surface area (Å²) >= 11 is 1.35. The molecule has 7 rings (SSSR count). The molecule has 0 aromatic carbocycles. The highest BCUT2D eigenvalue weighted by Crippen LogP contribution is 2.50. The van der Waals surface area contributed by atoms with Gasteiger partial charge in [0.15, 0.2) is 35.2 Å². The molecule has 4 fully saturated rings. The van der Waals surface area contributed by atoms with Crippen LogP contribution in [0.3, 0.4) is 0 Å². The van der Waals surface area contributed by atoms with E-state index >= 15 is 9.59 Å². The average Bonchev–Trinajstić information content (AvgIpc) is 3.87. The molecule has 4 saturated heterocycles. The number of Topliss-reactive ketones (excluding diaryl/α,β-unsaturated/α-hetero) is 1. The summed E-state index contributed by atoms with van der Waals surface area (Å²) in [6.07, 6.45) is -2.38. The van der Waals surface area contributed by atoms with E-state index in [1.54, 1.807) is 47.2 Å². The molecule has 5 N–H and O–H groups in total. The number of ether oxygens (including phenoxy) is 8. The van der Waals surface area contributed by atoms with Crippen LogP contribution in [0, 0.1) is 29.6 Å². The second-order valence-electron chi connectivity index (χ2n) is 22.1. The zero-order valence-electron chi connectivity index (χ0n) is 46.1. The van der Waals surface area contributed by atoms with E-state index in [1.807, 2.05) is 77.2 Å².